The Balaban J connectivity index is 2.11. The van der Waals surface area contributed by atoms with Gasteiger partial charge in [0.15, 0.2) is 0 Å². The van der Waals surface area contributed by atoms with Crippen LogP contribution in [-0.2, 0) is 5.41 Å². The number of nitrogens with zero attached hydrogens (tertiary/aromatic N) is 2. The van der Waals surface area contributed by atoms with E-state index in [0.717, 1.165) is 11.1 Å². The molecule has 0 aromatic heterocycles. The Kier molecular flexibility index (Phi) is 4.03. The zero-order valence-corrected chi connectivity index (χ0v) is 12.7. The molecule has 0 bridgehead atoms. The summed E-state index contributed by atoms with van der Waals surface area (Å²) in [6.45, 7) is 0.857. The van der Waals surface area contributed by atoms with Crippen molar-refractivity contribution in [1.29, 1.82) is 5.26 Å². The van der Waals surface area contributed by atoms with Gasteiger partial charge in [0, 0.05) is 19.0 Å². The van der Waals surface area contributed by atoms with Crippen molar-refractivity contribution in [2.45, 2.75) is 11.8 Å². The first-order valence-electron chi connectivity index (χ1n) is 7.68. The minimum atomic E-state index is -0.916. The molecule has 1 heterocycles. The van der Waals surface area contributed by atoms with Crippen LogP contribution in [0.2, 0.25) is 0 Å². The Morgan fingerprint density at radius 2 is 1.61 bits per heavy atom. The molecule has 1 N–H and O–H groups in total. The van der Waals surface area contributed by atoms with E-state index in [0.29, 0.717) is 19.5 Å². The maximum absolute atomic E-state index is 11.3. The standard InChI is InChI=1S/C19H18N2O2/c20-14-19(15-7-3-1-4-8-15,16-9-5-2-6-10-16)17-11-12-21(13-17)18(22)23/h1-10,17H,11-13H2,(H,22,23). The first-order chi connectivity index (χ1) is 11.2. The highest BCUT2D eigenvalue weighted by Gasteiger charge is 2.46. The van der Waals surface area contributed by atoms with Crippen molar-refractivity contribution in [3.8, 4) is 6.07 Å². The van der Waals surface area contributed by atoms with Crippen LogP contribution >= 0.6 is 0 Å². The smallest absolute Gasteiger partial charge is 0.407 e. The lowest BCUT2D eigenvalue weighted by atomic mass is 9.66. The average Bonchev–Trinajstić information content (AvgIpc) is 3.09. The molecular weight excluding hydrogens is 288 g/mol. The fraction of sp³-hybridized carbons (Fsp3) is 0.263. The number of amides is 1. The second kappa shape index (κ2) is 6.13. The summed E-state index contributed by atoms with van der Waals surface area (Å²) in [5.41, 5.74) is 1.02. The van der Waals surface area contributed by atoms with Gasteiger partial charge in [-0.1, -0.05) is 60.7 Å². The predicted molar refractivity (Wildman–Crippen MR) is 87.0 cm³/mol. The van der Waals surface area contributed by atoms with Gasteiger partial charge in [0.1, 0.15) is 5.41 Å². The van der Waals surface area contributed by atoms with Crippen LogP contribution < -0.4 is 0 Å². The molecule has 23 heavy (non-hydrogen) atoms. The van der Waals surface area contributed by atoms with Crippen molar-refractivity contribution >= 4 is 6.09 Å². The summed E-state index contributed by atoms with van der Waals surface area (Å²) < 4.78 is 0. The van der Waals surface area contributed by atoms with Crippen molar-refractivity contribution in [2.24, 2.45) is 5.92 Å². The Morgan fingerprint density at radius 1 is 1.09 bits per heavy atom. The van der Waals surface area contributed by atoms with E-state index in [1.807, 2.05) is 60.7 Å². The van der Waals surface area contributed by atoms with Crippen molar-refractivity contribution in [2.75, 3.05) is 13.1 Å². The lowest BCUT2D eigenvalue weighted by molar-refractivity contribution is 0.153. The molecule has 2 aromatic rings. The molecule has 1 unspecified atom stereocenters. The zero-order chi connectivity index (χ0) is 16.3. The molecule has 2 aromatic carbocycles. The van der Waals surface area contributed by atoms with Crippen molar-refractivity contribution in [1.82, 2.24) is 4.90 Å². The van der Waals surface area contributed by atoms with Gasteiger partial charge in [0.2, 0.25) is 0 Å². The molecule has 0 radical (unpaired) electrons. The number of likely N-dealkylation sites (tertiary alicyclic amines) is 1. The molecular formula is C19H18N2O2. The van der Waals surface area contributed by atoms with Crippen LogP contribution in [-0.4, -0.2) is 29.2 Å². The molecule has 0 spiro atoms. The summed E-state index contributed by atoms with van der Waals surface area (Å²) in [6, 6.07) is 21.9. The van der Waals surface area contributed by atoms with E-state index in [1.54, 1.807) is 0 Å². The highest BCUT2D eigenvalue weighted by atomic mass is 16.4. The monoisotopic (exact) mass is 306 g/mol. The Labute approximate surface area is 135 Å². The molecule has 1 aliphatic rings. The maximum Gasteiger partial charge on any atom is 0.407 e. The van der Waals surface area contributed by atoms with Crippen LogP contribution in [0.25, 0.3) is 0 Å². The molecule has 1 atom stereocenters. The largest absolute Gasteiger partial charge is 0.465 e. The number of hydrogen-bond acceptors (Lipinski definition) is 2. The molecule has 1 aliphatic heterocycles. The third-order valence-electron chi connectivity index (χ3n) is 4.71. The average molecular weight is 306 g/mol. The summed E-state index contributed by atoms with van der Waals surface area (Å²) >= 11 is 0. The normalized spacial score (nSPS) is 17.7. The van der Waals surface area contributed by atoms with E-state index in [9.17, 15) is 15.2 Å². The van der Waals surface area contributed by atoms with E-state index in [-0.39, 0.29) is 5.92 Å². The van der Waals surface area contributed by atoms with Gasteiger partial charge in [-0.25, -0.2) is 4.79 Å². The number of hydrogen-bond donors (Lipinski definition) is 1. The second-order valence-corrected chi connectivity index (χ2v) is 5.87. The first kappa shape index (κ1) is 15.1. The van der Waals surface area contributed by atoms with E-state index >= 15 is 0 Å². The molecule has 1 saturated heterocycles. The molecule has 4 nitrogen and oxygen atoms in total. The van der Waals surface area contributed by atoms with Gasteiger partial charge in [0.05, 0.1) is 6.07 Å². The van der Waals surface area contributed by atoms with Crippen LogP contribution in [0.4, 0.5) is 4.79 Å². The Morgan fingerprint density at radius 3 is 2.00 bits per heavy atom. The summed E-state index contributed by atoms with van der Waals surface area (Å²) in [7, 11) is 0. The van der Waals surface area contributed by atoms with Crippen LogP contribution in [0.15, 0.2) is 60.7 Å². The Hall–Kier alpha value is -2.80. The van der Waals surface area contributed by atoms with Crippen molar-refractivity contribution < 1.29 is 9.90 Å². The number of carbonyl (C=O) groups is 1. The number of carboxylic acid groups (broad SMARTS) is 1. The number of nitriles is 1. The first-order valence-corrected chi connectivity index (χ1v) is 7.68. The van der Waals surface area contributed by atoms with Gasteiger partial charge >= 0.3 is 6.09 Å². The van der Waals surface area contributed by atoms with Crippen LogP contribution in [0.5, 0.6) is 0 Å². The summed E-state index contributed by atoms with van der Waals surface area (Å²) in [4.78, 5) is 12.7. The molecule has 0 aliphatic carbocycles. The predicted octanol–water partition coefficient (Wildman–Crippen LogP) is 3.50. The van der Waals surface area contributed by atoms with Crippen molar-refractivity contribution in [3.63, 3.8) is 0 Å². The second-order valence-electron chi connectivity index (χ2n) is 5.87. The third-order valence-corrected chi connectivity index (χ3v) is 4.71. The van der Waals surface area contributed by atoms with Crippen LogP contribution in [0.1, 0.15) is 17.5 Å². The molecule has 116 valence electrons. The quantitative estimate of drug-likeness (QED) is 0.944. The zero-order valence-electron chi connectivity index (χ0n) is 12.7. The lowest BCUT2D eigenvalue weighted by Gasteiger charge is -2.33. The summed E-state index contributed by atoms with van der Waals surface area (Å²) in [5, 5.41) is 19.4. The molecule has 3 rings (SSSR count). The van der Waals surface area contributed by atoms with E-state index in [1.165, 1.54) is 4.90 Å². The van der Waals surface area contributed by atoms with Gasteiger partial charge in [-0.2, -0.15) is 5.26 Å². The van der Waals surface area contributed by atoms with Gasteiger partial charge in [-0.05, 0) is 17.5 Å². The minimum Gasteiger partial charge on any atom is -0.465 e. The van der Waals surface area contributed by atoms with Crippen LogP contribution in [0.3, 0.4) is 0 Å². The Bertz CT molecular complexity index is 683. The van der Waals surface area contributed by atoms with Gasteiger partial charge in [-0.3, -0.25) is 0 Å². The fourth-order valence-corrected chi connectivity index (χ4v) is 3.55. The van der Waals surface area contributed by atoms with E-state index in [4.69, 9.17) is 0 Å². The number of benzene rings is 2. The number of rotatable bonds is 3. The van der Waals surface area contributed by atoms with Crippen molar-refractivity contribution in [3.05, 3.63) is 71.8 Å². The molecule has 4 heteroatoms. The topological polar surface area (TPSA) is 64.3 Å². The SMILES string of the molecule is N#CC(c1ccccc1)(c1ccccc1)C1CCN(C(=O)O)C1. The highest BCUT2D eigenvalue weighted by Crippen LogP contribution is 2.43. The fourth-order valence-electron chi connectivity index (χ4n) is 3.55. The third kappa shape index (κ3) is 2.55. The van der Waals surface area contributed by atoms with Gasteiger partial charge < -0.3 is 10.0 Å². The van der Waals surface area contributed by atoms with E-state index < -0.39 is 11.5 Å². The van der Waals surface area contributed by atoms with E-state index in [2.05, 4.69) is 6.07 Å². The van der Waals surface area contributed by atoms with Gasteiger partial charge in [0.25, 0.3) is 0 Å². The molecule has 0 saturated carbocycles. The molecule has 1 fully saturated rings. The highest BCUT2D eigenvalue weighted by molar-refractivity contribution is 5.65. The van der Waals surface area contributed by atoms with Crippen LogP contribution in [0, 0.1) is 17.2 Å². The van der Waals surface area contributed by atoms with Gasteiger partial charge in [-0.15, -0.1) is 0 Å². The maximum atomic E-state index is 11.3. The minimum absolute atomic E-state index is 0.0617. The summed E-state index contributed by atoms with van der Waals surface area (Å²) in [6.07, 6.45) is -0.232. The molecule has 1 amide bonds. The summed E-state index contributed by atoms with van der Waals surface area (Å²) in [5.74, 6) is -0.0617. The lowest BCUT2D eigenvalue weighted by Crippen LogP contribution is -2.38.